The number of para-hydroxylation sites is 1. The summed E-state index contributed by atoms with van der Waals surface area (Å²) in [5.74, 6) is -0.472. The van der Waals surface area contributed by atoms with Crippen LogP contribution in [-0.2, 0) is 6.54 Å². The van der Waals surface area contributed by atoms with Crippen molar-refractivity contribution in [3.63, 3.8) is 0 Å². The first-order chi connectivity index (χ1) is 11.7. The van der Waals surface area contributed by atoms with Crippen LogP contribution in [0.4, 0.5) is 4.39 Å². The van der Waals surface area contributed by atoms with Gasteiger partial charge in [0.2, 0.25) is 5.88 Å². The summed E-state index contributed by atoms with van der Waals surface area (Å²) in [6.07, 6.45) is 3.09. The Hall–Kier alpha value is -3.28. The van der Waals surface area contributed by atoms with Gasteiger partial charge in [-0.25, -0.2) is 9.37 Å². The maximum atomic E-state index is 13.7. The molecule has 0 saturated carbocycles. The Labute approximate surface area is 138 Å². The topological polar surface area (TPSA) is 64.1 Å². The molecule has 2 heterocycles. The number of rotatable bonds is 5. The van der Waals surface area contributed by atoms with Gasteiger partial charge in [-0.2, -0.15) is 0 Å². The summed E-state index contributed by atoms with van der Waals surface area (Å²) in [4.78, 5) is 20.1. The van der Waals surface area contributed by atoms with Gasteiger partial charge in [-0.1, -0.05) is 24.3 Å². The molecule has 120 valence electrons. The molecule has 0 saturated heterocycles. The predicted molar refractivity (Wildman–Crippen MR) is 86.1 cm³/mol. The van der Waals surface area contributed by atoms with E-state index in [-0.39, 0.29) is 24.1 Å². The largest absolute Gasteiger partial charge is 0.436 e. The quantitative estimate of drug-likeness (QED) is 0.782. The van der Waals surface area contributed by atoms with Gasteiger partial charge in [0.25, 0.3) is 5.91 Å². The molecule has 0 aliphatic heterocycles. The molecule has 2 aromatic heterocycles. The van der Waals surface area contributed by atoms with Crippen LogP contribution in [0.5, 0.6) is 11.6 Å². The zero-order valence-electron chi connectivity index (χ0n) is 12.6. The number of nitrogens with one attached hydrogen (secondary N) is 1. The first-order valence-corrected chi connectivity index (χ1v) is 7.29. The second-order valence-corrected chi connectivity index (χ2v) is 4.90. The van der Waals surface area contributed by atoms with Gasteiger partial charge < -0.3 is 10.1 Å². The number of nitrogens with zero attached hydrogens (tertiary/aromatic N) is 2. The van der Waals surface area contributed by atoms with Crippen LogP contribution in [0.3, 0.4) is 0 Å². The Kier molecular flexibility index (Phi) is 4.76. The maximum Gasteiger partial charge on any atom is 0.270 e. The molecule has 3 aromatic rings. The predicted octanol–water partition coefficient (Wildman–Crippen LogP) is 3.34. The average Bonchev–Trinajstić information content (AvgIpc) is 2.63. The molecular weight excluding hydrogens is 309 g/mol. The molecule has 0 radical (unpaired) electrons. The van der Waals surface area contributed by atoms with E-state index in [2.05, 4.69) is 15.3 Å². The van der Waals surface area contributed by atoms with Gasteiger partial charge in [0.05, 0.1) is 0 Å². The summed E-state index contributed by atoms with van der Waals surface area (Å²) in [6, 6.07) is 14.6. The molecule has 6 heteroatoms. The molecule has 0 aliphatic carbocycles. The highest BCUT2D eigenvalue weighted by Crippen LogP contribution is 2.25. The van der Waals surface area contributed by atoms with Crippen LogP contribution >= 0.6 is 0 Å². The van der Waals surface area contributed by atoms with Crippen LogP contribution in [0.25, 0.3) is 0 Å². The number of hydrogen-bond acceptors (Lipinski definition) is 4. The second-order valence-electron chi connectivity index (χ2n) is 4.90. The Bertz CT molecular complexity index is 840. The Morgan fingerprint density at radius 2 is 1.79 bits per heavy atom. The van der Waals surface area contributed by atoms with E-state index >= 15 is 0 Å². The molecule has 5 nitrogen and oxygen atoms in total. The second kappa shape index (κ2) is 7.32. The van der Waals surface area contributed by atoms with E-state index in [9.17, 15) is 9.18 Å². The van der Waals surface area contributed by atoms with E-state index in [1.54, 1.807) is 54.9 Å². The first-order valence-electron chi connectivity index (χ1n) is 7.29. The van der Waals surface area contributed by atoms with Crippen molar-refractivity contribution in [3.05, 3.63) is 84.1 Å². The number of benzene rings is 1. The Morgan fingerprint density at radius 1 is 1.00 bits per heavy atom. The van der Waals surface area contributed by atoms with E-state index in [0.29, 0.717) is 11.3 Å². The number of carbonyl (C=O) groups is 1. The highest BCUT2D eigenvalue weighted by atomic mass is 19.1. The zero-order valence-corrected chi connectivity index (χ0v) is 12.6. The van der Waals surface area contributed by atoms with Crippen molar-refractivity contribution in [2.24, 2.45) is 0 Å². The molecular formula is C18H14FN3O2. The fourth-order valence-corrected chi connectivity index (χ4v) is 2.05. The SMILES string of the molecule is O=C(NCc1cccnc1Oc1ccccc1F)c1ccccn1. The van der Waals surface area contributed by atoms with Crippen LogP contribution in [0.15, 0.2) is 67.0 Å². The number of aromatic nitrogens is 2. The van der Waals surface area contributed by atoms with Gasteiger partial charge in [0.15, 0.2) is 11.6 Å². The van der Waals surface area contributed by atoms with E-state index in [4.69, 9.17) is 4.74 Å². The van der Waals surface area contributed by atoms with Crippen molar-refractivity contribution in [2.75, 3.05) is 0 Å². The van der Waals surface area contributed by atoms with Crippen molar-refractivity contribution in [1.82, 2.24) is 15.3 Å². The molecule has 1 aromatic carbocycles. The number of ether oxygens (including phenoxy) is 1. The summed E-state index contributed by atoms with van der Waals surface area (Å²) >= 11 is 0. The number of halogens is 1. The minimum Gasteiger partial charge on any atom is -0.436 e. The van der Waals surface area contributed by atoms with E-state index in [1.165, 1.54) is 12.1 Å². The molecule has 0 spiro atoms. The minimum atomic E-state index is -0.480. The molecule has 0 bridgehead atoms. The van der Waals surface area contributed by atoms with Gasteiger partial charge in [0.1, 0.15) is 5.69 Å². The number of pyridine rings is 2. The first kappa shape index (κ1) is 15.6. The van der Waals surface area contributed by atoms with Crippen molar-refractivity contribution in [1.29, 1.82) is 0 Å². The molecule has 0 unspecified atom stereocenters. The summed E-state index contributed by atoms with van der Waals surface area (Å²) < 4.78 is 19.2. The summed E-state index contributed by atoms with van der Waals surface area (Å²) in [5, 5.41) is 2.74. The van der Waals surface area contributed by atoms with E-state index in [1.807, 2.05) is 0 Å². The molecule has 0 aliphatic rings. The van der Waals surface area contributed by atoms with Crippen LogP contribution in [0.2, 0.25) is 0 Å². The van der Waals surface area contributed by atoms with Gasteiger partial charge in [0, 0.05) is 24.5 Å². The third-order valence-corrected chi connectivity index (χ3v) is 3.23. The third-order valence-electron chi connectivity index (χ3n) is 3.23. The fourth-order valence-electron chi connectivity index (χ4n) is 2.05. The number of carbonyl (C=O) groups excluding carboxylic acids is 1. The average molecular weight is 323 g/mol. The van der Waals surface area contributed by atoms with Crippen LogP contribution < -0.4 is 10.1 Å². The minimum absolute atomic E-state index is 0.0773. The normalized spacial score (nSPS) is 10.2. The number of amides is 1. The summed E-state index contributed by atoms with van der Waals surface area (Å²) in [6.45, 7) is 0.188. The highest BCUT2D eigenvalue weighted by Gasteiger charge is 2.11. The Balaban J connectivity index is 1.73. The Morgan fingerprint density at radius 3 is 2.58 bits per heavy atom. The fraction of sp³-hybridized carbons (Fsp3) is 0.0556. The lowest BCUT2D eigenvalue weighted by molar-refractivity contribution is 0.0945. The van der Waals surface area contributed by atoms with E-state index < -0.39 is 5.82 Å². The van der Waals surface area contributed by atoms with Gasteiger partial charge >= 0.3 is 0 Å². The monoisotopic (exact) mass is 323 g/mol. The van der Waals surface area contributed by atoms with Gasteiger partial charge in [-0.05, 0) is 30.3 Å². The van der Waals surface area contributed by atoms with Crippen LogP contribution in [0.1, 0.15) is 16.1 Å². The smallest absolute Gasteiger partial charge is 0.270 e. The van der Waals surface area contributed by atoms with Gasteiger partial charge in [-0.15, -0.1) is 0 Å². The van der Waals surface area contributed by atoms with Crippen molar-refractivity contribution in [2.45, 2.75) is 6.54 Å². The molecule has 3 rings (SSSR count). The standard InChI is InChI=1S/C18H14FN3O2/c19-14-7-1-2-9-16(14)24-18-13(6-5-11-21-18)12-22-17(23)15-8-3-4-10-20-15/h1-11H,12H2,(H,22,23). The lowest BCUT2D eigenvalue weighted by Gasteiger charge is -2.11. The van der Waals surface area contributed by atoms with Crippen molar-refractivity contribution < 1.29 is 13.9 Å². The highest BCUT2D eigenvalue weighted by molar-refractivity contribution is 5.92. The summed E-state index contributed by atoms with van der Waals surface area (Å²) in [5.41, 5.74) is 0.947. The summed E-state index contributed by atoms with van der Waals surface area (Å²) in [7, 11) is 0. The molecule has 0 fully saturated rings. The van der Waals surface area contributed by atoms with Crippen LogP contribution in [0, 0.1) is 5.82 Å². The van der Waals surface area contributed by atoms with Crippen LogP contribution in [-0.4, -0.2) is 15.9 Å². The van der Waals surface area contributed by atoms with Crippen molar-refractivity contribution in [3.8, 4) is 11.6 Å². The molecule has 0 atom stereocenters. The third kappa shape index (κ3) is 3.73. The molecule has 1 amide bonds. The lowest BCUT2D eigenvalue weighted by atomic mass is 10.2. The van der Waals surface area contributed by atoms with E-state index in [0.717, 1.165) is 0 Å². The van der Waals surface area contributed by atoms with Gasteiger partial charge in [-0.3, -0.25) is 9.78 Å². The lowest BCUT2D eigenvalue weighted by Crippen LogP contribution is -2.24. The molecule has 24 heavy (non-hydrogen) atoms. The zero-order chi connectivity index (χ0) is 16.8. The number of hydrogen-bond donors (Lipinski definition) is 1. The molecule has 1 N–H and O–H groups in total. The maximum absolute atomic E-state index is 13.7. The van der Waals surface area contributed by atoms with Crippen molar-refractivity contribution >= 4 is 5.91 Å².